The van der Waals surface area contributed by atoms with E-state index in [9.17, 15) is 9.90 Å². The molecule has 8 heteroatoms. The van der Waals surface area contributed by atoms with Crippen molar-refractivity contribution < 1.29 is 14.6 Å². The fourth-order valence-corrected chi connectivity index (χ4v) is 5.81. The summed E-state index contributed by atoms with van der Waals surface area (Å²) in [5.74, 6) is 0.998. The maximum Gasteiger partial charge on any atom is 0.305 e. The van der Waals surface area contributed by atoms with Crippen molar-refractivity contribution in [3.05, 3.63) is 0 Å². The quantitative estimate of drug-likeness (QED) is 0.246. The first kappa shape index (κ1) is 25.9. The van der Waals surface area contributed by atoms with E-state index in [4.69, 9.17) is 4.74 Å². The van der Waals surface area contributed by atoms with Crippen LogP contribution in [-0.4, -0.2) is 97.7 Å². The summed E-state index contributed by atoms with van der Waals surface area (Å²) in [6.07, 6.45) is 8.72. The Bertz CT molecular complexity index is 483. The van der Waals surface area contributed by atoms with Crippen LogP contribution in [0.25, 0.3) is 0 Å². The normalized spacial score (nSPS) is 25.9. The van der Waals surface area contributed by atoms with E-state index in [1.807, 2.05) is 11.8 Å². The molecule has 0 spiro atoms. The molecule has 7 nitrogen and oxygen atoms in total. The third kappa shape index (κ3) is 10.3. The van der Waals surface area contributed by atoms with E-state index < -0.39 is 6.35 Å². The summed E-state index contributed by atoms with van der Waals surface area (Å²) in [6, 6.07) is 0.734. The highest BCUT2D eigenvalue weighted by Gasteiger charge is 2.42. The molecular formula is C22H44N4O3S. The van der Waals surface area contributed by atoms with Crippen LogP contribution in [0.5, 0.6) is 0 Å². The number of aliphatic hydroxyl groups excluding tert-OH is 1. The number of hydrogen-bond acceptors (Lipinski definition) is 8. The predicted molar refractivity (Wildman–Crippen MR) is 125 cm³/mol. The first-order valence-corrected chi connectivity index (χ1v) is 12.8. The van der Waals surface area contributed by atoms with E-state index >= 15 is 0 Å². The summed E-state index contributed by atoms with van der Waals surface area (Å²) >= 11 is 1.97. The lowest BCUT2D eigenvalue weighted by Crippen LogP contribution is -2.37. The first-order valence-electron chi connectivity index (χ1n) is 11.8. The molecule has 2 heterocycles. The van der Waals surface area contributed by atoms with Gasteiger partial charge < -0.3 is 19.6 Å². The molecule has 0 aromatic heterocycles. The van der Waals surface area contributed by atoms with Crippen LogP contribution < -0.4 is 10.6 Å². The van der Waals surface area contributed by atoms with Gasteiger partial charge in [-0.2, -0.15) is 11.8 Å². The molecule has 2 aliphatic rings. The number of thioether (sulfide) groups is 1. The minimum absolute atomic E-state index is 0.0522. The molecular weight excluding hydrogens is 400 g/mol. The number of carbonyl (C=O) groups is 1. The van der Waals surface area contributed by atoms with Gasteiger partial charge in [-0.05, 0) is 72.9 Å². The molecule has 0 saturated carbocycles. The zero-order valence-electron chi connectivity index (χ0n) is 19.3. The molecule has 0 aliphatic carbocycles. The number of aliphatic hydroxyl groups is 1. The number of unbranched alkanes of at least 4 members (excludes halogenated alkanes) is 4. The molecule has 2 aliphatic heterocycles. The van der Waals surface area contributed by atoms with E-state index in [1.165, 1.54) is 19.3 Å². The summed E-state index contributed by atoms with van der Waals surface area (Å²) in [5.41, 5.74) is 0. The maximum absolute atomic E-state index is 11.9. The maximum atomic E-state index is 11.9. The van der Waals surface area contributed by atoms with Crippen LogP contribution in [0.3, 0.4) is 0 Å². The Labute approximate surface area is 187 Å². The van der Waals surface area contributed by atoms with Crippen molar-refractivity contribution >= 4 is 17.7 Å². The molecule has 0 aromatic carbocycles. The summed E-state index contributed by atoms with van der Waals surface area (Å²) < 4.78 is 5.39. The number of nitrogens with zero attached hydrogens (tertiary/aromatic N) is 2. The van der Waals surface area contributed by atoms with Crippen LogP contribution in [0, 0.1) is 0 Å². The van der Waals surface area contributed by atoms with E-state index in [0.29, 0.717) is 30.4 Å². The van der Waals surface area contributed by atoms with Gasteiger partial charge >= 0.3 is 5.97 Å². The van der Waals surface area contributed by atoms with Crippen molar-refractivity contribution in [2.24, 2.45) is 0 Å². The van der Waals surface area contributed by atoms with Gasteiger partial charge in [0.1, 0.15) is 0 Å². The van der Waals surface area contributed by atoms with Gasteiger partial charge in [0, 0.05) is 29.5 Å². The van der Waals surface area contributed by atoms with Gasteiger partial charge in [0.2, 0.25) is 0 Å². The molecule has 0 radical (unpaired) electrons. The second kappa shape index (κ2) is 14.6. The standard InChI is InChI=1S/C22H44N4O3S/c1-25(2)13-10-15-26(3)14-8-4-5-9-16-29-20(27)12-7-6-11-19-21-18(17-30-19)23-22(28)24-21/h18-19,21-24,28H,4-17H2,1-3H3. The number of esters is 1. The zero-order valence-corrected chi connectivity index (χ0v) is 20.1. The smallest absolute Gasteiger partial charge is 0.305 e. The number of nitrogens with one attached hydrogen (secondary N) is 2. The first-order chi connectivity index (χ1) is 14.5. The number of ether oxygens (including phenoxy) is 1. The Morgan fingerprint density at radius 2 is 1.77 bits per heavy atom. The summed E-state index contributed by atoms with van der Waals surface area (Å²) in [5, 5.41) is 16.5. The SMILES string of the molecule is CN(C)CCCN(C)CCCCCCOC(=O)CCCCC1SCC2NC(O)NC21. The van der Waals surface area contributed by atoms with Gasteiger partial charge in [-0.3, -0.25) is 15.4 Å². The molecule has 176 valence electrons. The number of carbonyl (C=O) groups excluding carboxylic acids is 1. The summed E-state index contributed by atoms with van der Waals surface area (Å²) in [7, 11) is 6.44. The Balaban J connectivity index is 1.36. The van der Waals surface area contributed by atoms with Crippen LogP contribution in [0.1, 0.15) is 57.8 Å². The third-order valence-corrected chi connectivity index (χ3v) is 7.52. The van der Waals surface area contributed by atoms with E-state index in [1.54, 1.807) is 0 Å². The molecule has 4 atom stereocenters. The van der Waals surface area contributed by atoms with Crippen molar-refractivity contribution in [2.75, 3.05) is 53.1 Å². The molecule has 0 aromatic rings. The lowest BCUT2D eigenvalue weighted by Gasteiger charge is -2.18. The predicted octanol–water partition coefficient (Wildman–Crippen LogP) is 1.86. The average molecular weight is 445 g/mol. The van der Waals surface area contributed by atoms with E-state index in [2.05, 4.69) is 41.6 Å². The number of fused-ring (bicyclic) bond motifs is 1. The molecule has 2 saturated heterocycles. The fraction of sp³-hybridized carbons (Fsp3) is 0.955. The van der Waals surface area contributed by atoms with E-state index in [-0.39, 0.29) is 5.97 Å². The molecule has 4 unspecified atom stereocenters. The van der Waals surface area contributed by atoms with Gasteiger partial charge in [-0.25, -0.2) is 0 Å². The van der Waals surface area contributed by atoms with Crippen LogP contribution in [0.2, 0.25) is 0 Å². The zero-order chi connectivity index (χ0) is 21.8. The highest BCUT2D eigenvalue weighted by atomic mass is 32.2. The highest BCUT2D eigenvalue weighted by molar-refractivity contribution is 8.00. The van der Waals surface area contributed by atoms with Gasteiger partial charge in [0.25, 0.3) is 0 Å². The fourth-order valence-electron chi connectivity index (χ4n) is 4.24. The topological polar surface area (TPSA) is 77.1 Å². The Morgan fingerprint density at radius 3 is 2.57 bits per heavy atom. The Hall–Kier alpha value is -0.380. The van der Waals surface area contributed by atoms with Gasteiger partial charge in [-0.1, -0.05) is 19.3 Å². The third-order valence-electron chi connectivity index (χ3n) is 6.01. The average Bonchev–Trinajstić information content (AvgIpc) is 3.23. The lowest BCUT2D eigenvalue weighted by atomic mass is 10.0. The largest absolute Gasteiger partial charge is 0.466 e. The summed E-state index contributed by atoms with van der Waals surface area (Å²) in [4.78, 5) is 16.5. The van der Waals surface area contributed by atoms with Crippen LogP contribution >= 0.6 is 11.8 Å². The van der Waals surface area contributed by atoms with Crippen molar-refractivity contribution in [1.29, 1.82) is 0 Å². The lowest BCUT2D eigenvalue weighted by molar-refractivity contribution is -0.143. The molecule has 0 amide bonds. The van der Waals surface area contributed by atoms with Gasteiger partial charge in [0.15, 0.2) is 6.35 Å². The number of rotatable bonds is 16. The second-order valence-corrected chi connectivity index (χ2v) is 10.4. The van der Waals surface area contributed by atoms with Crippen molar-refractivity contribution in [2.45, 2.75) is 81.5 Å². The van der Waals surface area contributed by atoms with Crippen LogP contribution in [-0.2, 0) is 9.53 Å². The van der Waals surface area contributed by atoms with Crippen molar-refractivity contribution in [3.8, 4) is 0 Å². The van der Waals surface area contributed by atoms with Gasteiger partial charge in [0.05, 0.1) is 6.61 Å². The Kier molecular flexibility index (Phi) is 12.6. The van der Waals surface area contributed by atoms with E-state index in [0.717, 1.165) is 57.5 Å². The molecule has 3 N–H and O–H groups in total. The Morgan fingerprint density at radius 1 is 1.00 bits per heavy atom. The number of hydrogen-bond donors (Lipinski definition) is 3. The minimum Gasteiger partial charge on any atom is -0.466 e. The molecule has 0 bridgehead atoms. The van der Waals surface area contributed by atoms with Gasteiger partial charge in [-0.15, -0.1) is 0 Å². The molecule has 2 fully saturated rings. The second-order valence-electron chi connectivity index (χ2n) is 9.08. The monoisotopic (exact) mass is 444 g/mol. The van der Waals surface area contributed by atoms with Crippen molar-refractivity contribution in [1.82, 2.24) is 20.4 Å². The molecule has 2 rings (SSSR count). The van der Waals surface area contributed by atoms with Crippen LogP contribution in [0.15, 0.2) is 0 Å². The van der Waals surface area contributed by atoms with Crippen LogP contribution in [0.4, 0.5) is 0 Å². The summed E-state index contributed by atoms with van der Waals surface area (Å²) in [6.45, 7) is 4.02. The minimum atomic E-state index is -0.563. The van der Waals surface area contributed by atoms with Crippen molar-refractivity contribution in [3.63, 3.8) is 0 Å². The molecule has 30 heavy (non-hydrogen) atoms. The highest BCUT2D eigenvalue weighted by Crippen LogP contribution is 2.33.